The summed E-state index contributed by atoms with van der Waals surface area (Å²) >= 11 is 3.41. The summed E-state index contributed by atoms with van der Waals surface area (Å²) in [7, 11) is -3.96. The van der Waals surface area contributed by atoms with Gasteiger partial charge in [-0.05, 0) is 43.7 Å². The number of amides is 1. The highest BCUT2D eigenvalue weighted by Gasteiger charge is 2.28. The smallest absolute Gasteiger partial charge is 0.264 e. The van der Waals surface area contributed by atoms with E-state index in [2.05, 4.69) is 26.5 Å². The number of sulfonamides is 1. The van der Waals surface area contributed by atoms with Gasteiger partial charge in [-0.1, -0.05) is 70.0 Å². The molecule has 160 valence electrons. The van der Waals surface area contributed by atoms with Crippen LogP contribution in [-0.2, 0) is 14.8 Å². The van der Waals surface area contributed by atoms with Gasteiger partial charge in [0.15, 0.2) is 0 Å². The molecule has 0 unspecified atom stereocenters. The molecule has 0 atom stereocenters. The maximum absolute atomic E-state index is 13.4. The van der Waals surface area contributed by atoms with Crippen molar-refractivity contribution >= 4 is 43.8 Å². The molecule has 1 amide bonds. The molecule has 8 heteroatoms. The predicted octanol–water partition coefficient (Wildman–Crippen LogP) is 4.41. The second-order valence-corrected chi connectivity index (χ2v) is 9.64. The number of hydrazone groups is 1. The van der Waals surface area contributed by atoms with Crippen LogP contribution in [0.25, 0.3) is 0 Å². The third-order valence-electron chi connectivity index (χ3n) is 4.58. The Kier molecular flexibility index (Phi) is 7.25. The number of nitrogens with zero attached hydrogens (tertiary/aromatic N) is 2. The van der Waals surface area contributed by atoms with E-state index in [1.165, 1.54) is 6.21 Å². The number of hydrogen-bond acceptors (Lipinski definition) is 4. The van der Waals surface area contributed by atoms with E-state index in [0.29, 0.717) is 5.69 Å². The van der Waals surface area contributed by atoms with E-state index >= 15 is 0 Å². The van der Waals surface area contributed by atoms with Crippen LogP contribution in [0.15, 0.2) is 87.3 Å². The van der Waals surface area contributed by atoms with Crippen molar-refractivity contribution < 1.29 is 13.2 Å². The first-order valence-corrected chi connectivity index (χ1v) is 11.7. The van der Waals surface area contributed by atoms with E-state index < -0.39 is 22.5 Å². The first-order chi connectivity index (χ1) is 14.8. The Labute approximate surface area is 190 Å². The molecule has 3 rings (SSSR count). The van der Waals surface area contributed by atoms with Gasteiger partial charge in [-0.15, -0.1) is 0 Å². The van der Waals surface area contributed by atoms with Gasteiger partial charge in [0.25, 0.3) is 15.9 Å². The summed E-state index contributed by atoms with van der Waals surface area (Å²) in [6, 6.07) is 21.0. The normalized spacial score (nSPS) is 11.5. The third kappa shape index (κ3) is 5.59. The lowest BCUT2D eigenvalue weighted by atomic mass is 10.2. The molecule has 0 aliphatic heterocycles. The van der Waals surface area contributed by atoms with E-state index in [0.717, 1.165) is 25.5 Å². The summed E-state index contributed by atoms with van der Waals surface area (Å²) in [5, 5.41) is 3.96. The molecule has 3 aromatic rings. The van der Waals surface area contributed by atoms with Crippen LogP contribution in [0.3, 0.4) is 0 Å². The number of nitrogens with one attached hydrogen (secondary N) is 1. The topological polar surface area (TPSA) is 78.8 Å². The molecule has 31 heavy (non-hydrogen) atoms. The van der Waals surface area contributed by atoms with Crippen molar-refractivity contribution in [3.05, 3.63) is 94.0 Å². The molecule has 0 spiro atoms. The fourth-order valence-electron chi connectivity index (χ4n) is 2.90. The van der Waals surface area contributed by atoms with E-state index in [-0.39, 0.29) is 4.90 Å². The monoisotopic (exact) mass is 499 g/mol. The first-order valence-electron chi connectivity index (χ1n) is 9.50. The maximum atomic E-state index is 13.4. The largest absolute Gasteiger partial charge is 0.271 e. The van der Waals surface area contributed by atoms with Crippen molar-refractivity contribution in [3.63, 3.8) is 0 Å². The van der Waals surface area contributed by atoms with Crippen molar-refractivity contribution in [3.8, 4) is 0 Å². The summed E-state index contributed by atoms with van der Waals surface area (Å²) in [4.78, 5) is 12.7. The predicted molar refractivity (Wildman–Crippen MR) is 127 cm³/mol. The molecule has 0 radical (unpaired) electrons. The Morgan fingerprint density at radius 2 is 1.65 bits per heavy atom. The van der Waals surface area contributed by atoms with Gasteiger partial charge < -0.3 is 0 Å². The van der Waals surface area contributed by atoms with Gasteiger partial charge in [-0.3, -0.25) is 9.10 Å². The zero-order valence-electron chi connectivity index (χ0n) is 17.1. The molecule has 0 aliphatic carbocycles. The molecule has 0 fully saturated rings. The fraction of sp³-hybridized carbons (Fsp3) is 0.130. The molecule has 3 aromatic carbocycles. The minimum Gasteiger partial charge on any atom is -0.271 e. The summed E-state index contributed by atoms with van der Waals surface area (Å²) in [5.41, 5.74) is 5.32. The van der Waals surface area contributed by atoms with Gasteiger partial charge in [0, 0.05) is 10.0 Å². The summed E-state index contributed by atoms with van der Waals surface area (Å²) in [6.45, 7) is 3.27. The Morgan fingerprint density at radius 3 is 2.32 bits per heavy atom. The van der Waals surface area contributed by atoms with Gasteiger partial charge in [-0.2, -0.15) is 5.10 Å². The second-order valence-electron chi connectivity index (χ2n) is 6.93. The minimum absolute atomic E-state index is 0.117. The number of benzene rings is 3. The number of halogens is 1. The maximum Gasteiger partial charge on any atom is 0.264 e. The lowest BCUT2D eigenvalue weighted by Crippen LogP contribution is -2.40. The lowest BCUT2D eigenvalue weighted by Gasteiger charge is -2.25. The Morgan fingerprint density at radius 1 is 1.00 bits per heavy atom. The molecule has 1 N–H and O–H groups in total. The Balaban J connectivity index is 1.87. The van der Waals surface area contributed by atoms with E-state index in [9.17, 15) is 13.2 Å². The summed E-state index contributed by atoms with van der Waals surface area (Å²) in [5.74, 6) is -0.553. The molecular weight excluding hydrogens is 478 g/mol. The number of para-hydroxylation sites is 1. The highest BCUT2D eigenvalue weighted by Crippen LogP contribution is 2.26. The molecule has 0 saturated heterocycles. The summed E-state index contributed by atoms with van der Waals surface area (Å²) < 4.78 is 28.7. The average Bonchev–Trinajstić information content (AvgIpc) is 2.74. The van der Waals surface area contributed by atoms with Crippen LogP contribution in [-0.4, -0.2) is 27.1 Å². The Bertz CT molecular complexity index is 1210. The molecule has 0 bridgehead atoms. The van der Waals surface area contributed by atoms with Crippen molar-refractivity contribution in [2.24, 2.45) is 5.10 Å². The quantitative estimate of drug-likeness (QED) is 0.386. The molecule has 0 saturated carbocycles. The highest BCUT2D eigenvalue weighted by atomic mass is 79.9. The molecule has 0 aromatic heterocycles. The van der Waals surface area contributed by atoms with Gasteiger partial charge in [-0.25, -0.2) is 13.8 Å². The number of aryl methyl sites for hydroxylation is 2. The zero-order valence-corrected chi connectivity index (χ0v) is 19.5. The molecule has 6 nitrogen and oxygen atoms in total. The van der Waals surface area contributed by atoms with Crippen LogP contribution in [0.4, 0.5) is 5.69 Å². The fourth-order valence-corrected chi connectivity index (χ4v) is 4.77. The number of hydrogen-bond donors (Lipinski definition) is 1. The number of rotatable bonds is 7. The van der Waals surface area contributed by atoms with Crippen LogP contribution < -0.4 is 9.73 Å². The number of carbonyl (C=O) groups excluding carboxylic acids is 1. The second kappa shape index (κ2) is 9.89. The van der Waals surface area contributed by atoms with E-state index in [1.54, 1.807) is 49.4 Å². The van der Waals surface area contributed by atoms with Crippen molar-refractivity contribution in [1.29, 1.82) is 0 Å². The molecular formula is C23H22BrN3O3S. The van der Waals surface area contributed by atoms with Crippen LogP contribution in [0.1, 0.15) is 16.7 Å². The molecule has 0 aliphatic rings. The summed E-state index contributed by atoms with van der Waals surface area (Å²) in [6.07, 6.45) is 1.49. The van der Waals surface area contributed by atoms with Crippen molar-refractivity contribution in [2.45, 2.75) is 18.7 Å². The third-order valence-corrected chi connectivity index (χ3v) is 7.07. The van der Waals surface area contributed by atoms with Gasteiger partial charge in [0.05, 0.1) is 16.8 Å². The van der Waals surface area contributed by atoms with Crippen molar-refractivity contribution in [2.75, 3.05) is 10.8 Å². The molecule has 0 heterocycles. The van der Waals surface area contributed by atoms with E-state index in [4.69, 9.17) is 0 Å². The SMILES string of the molecule is Cc1ccc(S(=O)(=O)N(CC(=O)N/N=C\c2ccccc2Br)c2ccccc2C)cc1. The number of carbonyl (C=O) groups is 1. The van der Waals surface area contributed by atoms with Crippen LogP contribution in [0.2, 0.25) is 0 Å². The standard InChI is InChI=1S/C23H22BrN3O3S/c1-17-11-13-20(14-12-17)31(29,30)27(22-10-6-3-7-18(22)2)16-23(28)26-25-15-19-8-4-5-9-21(19)24/h3-15H,16H2,1-2H3,(H,26,28)/b25-15-. The zero-order chi connectivity index (χ0) is 22.4. The number of anilines is 1. The van der Waals surface area contributed by atoms with E-state index in [1.807, 2.05) is 37.3 Å². The van der Waals surface area contributed by atoms with Gasteiger partial charge in [0.1, 0.15) is 6.54 Å². The average molecular weight is 500 g/mol. The Hall–Kier alpha value is -2.97. The van der Waals surface area contributed by atoms with Crippen LogP contribution in [0.5, 0.6) is 0 Å². The minimum atomic E-state index is -3.96. The van der Waals surface area contributed by atoms with Crippen LogP contribution in [0, 0.1) is 13.8 Å². The lowest BCUT2D eigenvalue weighted by molar-refractivity contribution is -0.119. The van der Waals surface area contributed by atoms with Crippen molar-refractivity contribution in [1.82, 2.24) is 5.43 Å². The highest BCUT2D eigenvalue weighted by molar-refractivity contribution is 9.10. The van der Waals surface area contributed by atoms with Crippen LogP contribution >= 0.6 is 15.9 Å². The van der Waals surface area contributed by atoms with Gasteiger partial charge >= 0.3 is 0 Å². The first kappa shape index (κ1) is 22.7. The van der Waals surface area contributed by atoms with Gasteiger partial charge in [0.2, 0.25) is 0 Å².